The first-order valence-electron chi connectivity index (χ1n) is 9.38. The van der Waals surface area contributed by atoms with Crippen LogP contribution in [0.3, 0.4) is 0 Å². The van der Waals surface area contributed by atoms with E-state index in [1.807, 2.05) is 20.0 Å². The average Bonchev–Trinajstić information content (AvgIpc) is 3.06. The number of carbonyl (C=O) groups is 1. The van der Waals surface area contributed by atoms with Crippen molar-refractivity contribution in [2.24, 2.45) is 4.99 Å². The second-order valence-electron chi connectivity index (χ2n) is 7.28. The zero-order valence-electron chi connectivity index (χ0n) is 16.6. The zero-order valence-corrected chi connectivity index (χ0v) is 16.6. The standard InChI is InChI=1S/C22H23F3N2O2/c1-14-11-19(26-20-8-5-9-27(20)3)15(2)10-18(14)21(28)29-13-16-6-4-7-17(12-16)22(23,24)25/h4,6-7,10-12H,5,8-9,13H2,1-3H3. The molecule has 1 heterocycles. The van der Waals surface area contributed by atoms with E-state index in [9.17, 15) is 18.0 Å². The largest absolute Gasteiger partial charge is 0.457 e. The van der Waals surface area contributed by atoms with Crippen molar-refractivity contribution in [3.05, 3.63) is 64.2 Å². The van der Waals surface area contributed by atoms with Crippen molar-refractivity contribution in [2.45, 2.75) is 39.5 Å². The molecule has 1 saturated heterocycles. The van der Waals surface area contributed by atoms with Gasteiger partial charge in [-0.2, -0.15) is 13.2 Å². The Morgan fingerprint density at radius 2 is 1.93 bits per heavy atom. The molecule has 2 aromatic rings. The maximum atomic E-state index is 12.8. The van der Waals surface area contributed by atoms with Crippen LogP contribution in [0.4, 0.5) is 18.9 Å². The SMILES string of the molecule is Cc1cc(C(=O)OCc2cccc(C(F)(F)F)c2)c(C)cc1N=C1CCCN1C. The Morgan fingerprint density at radius 1 is 1.17 bits per heavy atom. The van der Waals surface area contributed by atoms with Crippen LogP contribution < -0.4 is 0 Å². The van der Waals surface area contributed by atoms with Crippen molar-refractivity contribution in [3.8, 4) is 0 Å². The van der Waals surface area contributed by atoms with Crippen molar-refractivity contribution in [2.75, 3.05) is 13.6 Å². The lowest BCUT2D eigenvalue weighted by Crippen LogP contribution is -2.18. The molecule has 0 radical (unpaired) electrons. The van der Waals surface area contributed by atoms with Crippen LogP contribution >= 0.6 is 0 Å². The first-order valence-corrected chi connectivity index (χ1v) is 9.38. The van der Waals surface area contributed by atoms with E-state index < -0.39 is 17.7 Å². The van der Waals surface area contributed by atoms with Crippen molar-refractivity contribution in [1.29, 1.82) is 0 Å². The van der Waals surface area contributed by atoms with Crippen LogP contribution in [0.15, 0.2) is 41.4 Å². The fraction of sp³-hybridized carbons (Fsp3) is 0.364. The molecule has 4 nitrogen and oxygen atoms in total. The first kappa shape index (κ1) is 20.9. The van der Waals surface area contributed by atoms with Crippen LogP contribution in [-0.2, 0) is 17.5 Å². The number of carbonyl (C=O) groups excluding carboxylic acids is 1. The number of nitrogens with zero attached hydrogens (tertiary/aromatic N) is 2. The third-order valence-corrected chi connectivity index (χ3v) is 4.97. The lowest BCUT2D eigenvalue weighted by atomic mass is 10.0. The second-order valence-corrected chi connectivity index (χ2v) is 7.28. The van der Waals surface area contributed by atoms with Gasteiger partial charge >= 0.3 is 12.1 Å². The molecule has 29 heavy (non-hydrogen) atoms. The topological polar surface area (TPSA) is 41.9 Å². The van der Waals surface area contributed by atoms with E-state index in [1.54, 1.807) is 13.0 Å². The molecule has 0 bridgehead atoms. The van der Waals surface area contributed by atoms with E-state index in [4.69, 9.17) is 9.73 Å². The molecule has 7 heteroatoms. The Morgan fingerprint density at radius 3 is 2.59 bits per heavy atom. The van der Waals surface area contributed by atoms with Gasteiger partial charge in [0.1, 0.15) is 12.4 Å². The highest BCUT2D eigenvalue weighted by Crippen LogP contribution is 2.30. The number of likely N-dealkylation sites (tertiary alicyclic amines) is 1. The monoisotopic (exact) mass is 404 g/mol. The molecule has 0 N–H and O–H groups in total. The summed E-state index contributed by atoms with van der Waals surface area (Å²) in [5.41, 5.74) is 2.27. The normalized spacial score (nSPS) is 15.8. The van der Waals surface area contributed by atoms with Gasteiger partial charge in [0.15, 0.2) is 0 Å². The highest BCUT2D eigenvalue weighted by molar-refractivity contribution is 5.92. The molecule has 0 atom stereocenters. The molecule has 3 rings (SSSR count). The van der Waals surface area contributed by atoms with E-state index in [-0.39, 0.29) is 12.2 Å². The van der Waals surface area contributed by atoms with Gasteiger partial charge in [-0.25, -0.2) is 9.79 Å². The predicted molar refractivity (Wildman–Crippen MR) is 105 cm³/mol. The summed E-state index contributed by atoms with van der Waals surface area (Å²) >= 11 is 0. The number of halogens is 3. The Labute approximate surface area is 168 Å². The van der Waals surface area contributed by atoms with Gasteiger partial charge in [-0.3, -0.25) is 0 Å². The molecule has 154 valence electrons. The zero-order chi connectivity index (χ0) is 21.2. The molecule has 1 aliphatic rings. The Balaban J connectivity index is 1.74. The third-order valence-electron chi connectivity index (χ3n) is 4.97. The lowest BCUT2D eigenvalue weighted by Gasteiger charge is -2.14. The van der Waals surface area contributed by atoms with Gasteiger partial charge in [0, 0.05) is 20.0 Å². The highest BCUT2D eigenvalue weighted by Gasteiger charge is 2.30. The maximum Gasteiger partial charge on any atom is 0.416 e. The van der Waals surface area contributed by atoms with Crippen molar-refractivity contribution in [1.82, 2.24) is 4.90 Å². The molecular weight excluding hydrogens is 381 g/mol. The Bertz CT molecular complexity index is 952. The molecule has 1 fully saturated rings. The minimum Gasteiger partial charge on any atom is -0.457 e. The second kappa shape index (κ2) is 8.27. The molecule has 1 aliphatic heterocycles. The van der Waals surface area contributed by atoms with Crippen LogP contribution in [0.1, 0.15) is 45.5 Å². The van der Waals surface area contributed by atoms with Gasteiger partial charge in [-0.1, -0.05) is 12.1 Å². The number of alkyl halides is 3. The number of benzene rings is 2. The average molecular weight is 404 g/mol. The summed E-state index contributed by atoms with van der Waals surface area (Å²) in [5, 5.41) is 0. The number of rotatable bonds is 4. The molecule has 2 aromatic carbocycles. The molecule has 0 aromatic heterocycles. The van der Waals surface area contributed by atoms with Gasteiger partial charge in [0.25, 0.3) is 0 Å². The van der Waals surface area contributed by atoms with Crippen LogP contribution in [0, 0.1) is 13.8 Å². The first-order chi connectivity index (χ1) is 13.6. The number of aliphatic imine (C=N–C) groups is 1. The summed E-state index contributed by atoms with van der Waals surface area (Å²) in [7, 11) is 2.01. The highest BCUT2D eigenvalue weighted by atomic mass is 19.4. The van der Waals surface area contributed by atoms with Crippen molar-refractivity contribution >= 4 is 17.5 Å². The van der Waals surface area contributed by atoms with Gasteiger partial charge in [-0.05, 0) is 61.2 Å². The van der Waals surface area contributed by atoms with Gasteiger partial charge in [-0.15, -0.1) is 0 Å². The third kappa shape index (κ3) is 4.96. The van der Waals surface area contributed by atoms with Gasteiger partial charge < -0.3 is 9.64 Å². The van der Waals surface area contributed by atoms with Crippen molar-refractivity contribution < 1.29 is 22.7 Å². The van der Waals surface area contributed by atoms with E-state index in [0.717, 1.165) is 48.6 Å². The summed E-state index contributed by atoms with van der Waals surface area (Å²) in [5.74, 6) is 0.451. The van der Waals surface area contributed by atoms with Crippen LogP contribution in [0.25, 0.3) is 0 Å². The Kier molecular flexibility index (Phi) is 5.96. The predicted octanol–water partition coefficient (Wildman–Crippen LogP) is 5.43. The van der Waals surface area contributed by atoms with Gasteiger partial charge in [0.2, 0.25) is 0 Å². The summed E-state index contributed by atoms with van der Waals surface area (Å²) in [6, 6.07) is 8.34. The molecule has 0 spiro atoms. The van der Waals surface area contributed by atoms with Crippen LogP contribution in [-0.4, -0.2) is 30.3 Å². The number of amidine groups is 1. The smallest absolute Gasteiger partial charge is 0.416 e. The van der Waals surface area contributed by atoms with Gasteiger partial charge in [0.05, 0.1) is 16.8 Å². The maximum absolute atomic E-state index is 12.8. The summed E-state index contributed by atoms with van der Waals surface area (Å²) in [6.45, 7) is 4.42. The number of hydrogen-bond donors (Lipinski definition) is 0. The molecule has 0 aliphatic carbocycles. The number of esters is 1. The quantitative estimate of drug-likeness (QED) is 0.638. The van der Waals surface area contributed by atoms with Crippen molar-refractivity contribution in [3.63, 3.8) is 0 Å². The number of ether oxygens (including phenoxy) is 1. The lowest BCUT2D eigenvalue weighted by molar-refractivity contribution is -0.137. The minimum absolute atomic E-state index is 0.226. The van der Waals surface area contributed by atoms with E-state index >= 15 is 0 Å². The van der Waals surface area contributed by atoms with E-state index in [2.05, 4.69) is 4.90 Å². The fourth-order valence-electron chi connectivity index (χ4n) is 3.28. The molecular formula is C22H23F3N2O2. The fourth-order valence-corrected chi connectivity index (χ4v) is 3.28. The van der Waals surface area contributed by atoms with E-state index in [0.29, 0.717) is 11.1 Å². The molecule has 0 amide bonds. The van der Waals surface area contributed by atoms with Crippen LogP contribution in [0.5, 0.6) is 0 Å². The summed E-state index contributed by atoms with van der Waals surface area (Å²) < 4.78 is 43.7. The minimum atomic E-state index is -4.43. The summed E-state index contributed by atoms with van der Waals surface area (Å²) in [4.78, 5) is 19.3. The summed E-state index contributed by atoms with van der Waals surface area (Å²) in [6.07, 6.45) is -2.43. The van der Waals surface area contributed by atoms with Crippen LogP contribution in [0.2, 0.25) is 0 Å². The number of hydrogen-bond acceptors (Lipinski definition) is 3. The molecule has 0 saturated carbocycles. The molecule has 0 unspecified atom stereocenters. The van der Waals surface area contributed by atoms with E-state index in [1.165, 1.54) is 12.1 Å². The number of aryl methyl sites for hydroxylation is 2. The Hall–Kier alpha value is -2.83.